The zero-order chi connectivity index (χ0) is 7.98. The Bertz CT molecular complexity index is 103. The van der Waals surface area contributed by atoms with Crippen molar-refractivity contribution in [2.24, 2.45) is 0 Å². The average molecular weight is 162 g/mol. The van der Waals surface area contributed by atoms with E-state index in [1.807, 2.05) is 0 Å². The van der Waals surface area contributed by atoms with E-state index < -0.39 is 15.0 Å². The molecule has 4 heteroatoms. The fraction of sp³-hybridized carbons (Fsp3) is 0.833. The lowest BCUT2D eigenvalue weighted by Gasteiger charge is -2.01. The highest BCUT2D eigenvalue weighted by atomic mass is 28.3. The Morgan fingerprint density at radius 1 is 1.60 bits per heavy atom. The molecule has 0 aliphatic rings. The molecule has 0 rings (SSSR count). The van der Waals surface area contributed by atoms with E-state index in [9.17, 15) is 4.79 Å². The number of hydrogen-bond donors (Lipinski definition) is 1. The van der Waals surface area contributed by atoms with E-state index >= 15 is 0 Å². The van der Waals surface area contributed by atoms with Crippen LogP contribution in [-0.4, -0.2) is 26.7 Å². The molecule has 0 saturated carbocycles. The lowest BCUT2D eigenvalue weighted by atomic mass is 10.5. The molecule has 0 saturated heterocycles. The first-order valence-corrected chi connectivity index (χ1v) is 6.61. The summed E-state index contributed by atoms with van der Waals surface area (Å²) in [6.45, 7) is 4.84. The van der Waals surface area contributed by atoms with Gasteiger partial charge in [0, 0.05) is 8.80 Å². The van der Waals surface area contributed by atoms with E-state index in [0.29, 0.717) is 6.61 Å². The largest absolute Gasteiger partial charge is 0.505 e. The third-order valence-corrected chi connectivity index (χ3v) is 2.71. The number of carboxylic acid groups (broad SMARTS) is 1. The summed E-state index contributed by atoms with van der Waals surface area (Å²) < 4.78 is 4.33. The summed E-state index contributed by atoms with van der Waals surface area (Å²) in [6.07, 6.45) is -0.277. The first-order chi connectivity index (χ1) is 4.63. The van der Waals surface area contributed by atoms with Gasteiger partial charge in [-0.05, 0) is 6.42 Å². The lowest BCUT2D eigenvalue weighted by molar-refractivity contribution is 0.0917. The SMILES string of the molecule is C[SiH](C)CCCOC(=O)O. The van der Waals surface area contributed by atoms with Gasteiger partial charge >= 0.3 is 6.16 Å². The summed E-state index contributed by atoms with van der Waals surface area (Å²) in [6, 6.07) is 1.16. The van der Waals surface area contributed by atoms with Crippen LogP contribution in [0, 0.1) is 0 Å². The van der Waals surface area contributed by atoms with Gasteiger partial charge in [-0.25, -0.2) is 4.79 Å². The second-order valence-electron chi connectivity index (χ2n) is 2.65. The summed E-state index contributed by atoms with van der Waals surface area (Å²) in [5.74, 6) is 0. The van der Waals surface area contributed by atoms with E-state index in [1.165, 1.54) is 0 Å². The number of rotatable bonds is 4. The van der Waals surface area contributed by atoms with Gasteiger partial charge in [0.05, 0.1) is 6.61 Å². The van der Waals surface area contributed by atoms with Crippen LogP contribution in [0.2, 0.25) is 19.1 Å². The smallest absolute Gasteiger partial charge is 0.450 e. The van der Waals surface area contributed by atoms with Gasteiger partial charge in [0.25, 0.3) is 0 Å². The molecule has 0 amide bonds. The van der Waals surface area contributed by atoms with Gasteiger partial charge in [0.2, 0.25) is 0 Å². The monoisotopic (exact) mass is 162 g/mol. The van der Waals surface area contributed by atoms with Crippen LogP contribution in [0.15, 0.2) is 0 Å². The van der Waals surface area contributed by atoms with E-state index in [-0.39, 0.29) is 0 Å². The number of hydrogen-bond acceptors (Lipinski definition) is 2. The molecule has 0 aromatic rings. The van der Waals surface area contributed by atoms with Crippen molar-refractivity contribution in [1.29, 1.82) is 0 Å². The maximum Gasteiger partial charge on any atom is 0.505 e. The quantitative estimate of drug-likeness (QED) is 0.387. The van der Waals surface area contributed by atoms with Crippen molar-refractivity contribution >= 4 is 15.0 Å². The molecule has 0 fully saturated rings. The molecule has 0 aromatic carbocycles. The lowest BCUT2D eigenvalue weighted by Crippen LogP contribution is -2.05. The van der Waals surface area contributed by atoms with Crippen LogP contribution >= 0.6 is 0 Å². The maximum absolute atomic E-state index is 9.83. The third kappa shape index (κ3) is 7.49. The third-order valence-electron chi connectivity index (χ3n) is 1.15. The second kappa shape index (κ2) is 5.29. The van der Waals surface area contributed by atoms with Gasteiger partial charge in [-0.3, -0.25) is 0 Å². The predicted octanol–water partition coefficient (Wildman–Crippen LogP) is 1.56. The van der Waals surface area contributed by atoms with Crippen molar-refractivity contribution in [1.82, 2.24) is 0 Å². The summed E-state index contributed by atoms with van der Waals surface area (Å²) in [5, 5.41) is 8.07. The van der Waals surface area contributed by atoms with Gasteiger partial charge in [0.15, 0.2) is 0 Å². The molecule has 0 aliphatic heterocycles. The Morgan fingerprint density at radius 2 is 2.20 bits per heavy atom. The van der Waals surface area contributed by atoms with Crippen molar-refractivity contribution in [2.45, 2.75) is 25.6 Å². The van der Waals surface area contributed by atoms with Crippen LogP contribution in [0.4, 0.5) is 4.79 Å². The Balaban J connectivity index is 2.98. The molecule has 60 valence electrons. The number of ether oxygens (including phenoxy) is 1. The zero-order valence-corrected chi connectivity index (χ0v) is 7.62. The highest BCUT2D eigenvalue weighted by Gasteiger charge is 1.97. The molecule has 0 atom stereocenters. The van der Waals surface area contributed by atoms with Crippen LogP contribution < -0.4 is 0 Å². The Morgan fingerprint density at radius 3 is 2.60 bits per heavy atom. The van der Waals surface area contributed by atoms with E-state index in [2.05, 4.69) is 17.8 Å². The second-order valence-corrected chi connectivity index (χ2v) is 6.02. The Hall–Kier alpha value is -0.513. The highest BCUT2D eigenvalue weighted by Crippen LogP contribution is 1.96. The molecule has 0 aromatic heterocycles. The molecule has 0 aliphatic carbocycles. The maximum atomic E-state index is 9.83. The van der Waals surface area contributed by atoms with E-state index in [4.69, 9.17) is 5.11 Å². The Labute approximate surface area is 62.6 Å². The first-order valence-electron chi connectivity index (χ1n) is 3.48. The van der Waals surface area contributed by atoms with Gasteiger partial charge in [0.1, 0.15) is 0 Å². The highest BCUT2D eigenvalue weighted by molar-refractivity contribution is 6.55. The van der Waals surface area contributed by atoms with Gasteiger partial charge in [-0.15, -0.1) is 0 Å². The fourth-order valence-corrected chi connectivity index (χ4v) is 1.63. The van der Waals surface area contributed by atoms with Gasteiger partial charge in [-0.2, -0.15) is 0 Å². The molecular formula is C6H14O3Si. The molecule has 0 unspecified atom stereocenters. The van der Waals surface area contributed by atoms with E-state index in [1.54, 1.807) is 0 Å². The van der Waals surface area contributed by atoms with Crippen molar-refractivity contribution in [3.05, 3.63) is 0 Å². The first kappa shape index (κ1) is 9.49. The topological polar surface area (TPSA) is 46.5 Å². The summed E-state index contributed by atoms with van der Waals surface area (Å²) in [5.41, 5.74) is 0. The van der Waals surface area contributed by atoms with Crippen LogP contribution in [0.25, 0.3) is 0 Å². The van der Waals surface area contributed by atoms with Crippen molar-refractivity contribution in [3.63, 3.8) is 0 Å². The molecule has 0 bridgehead atoms. The van der Waals surface area contributed by atoms with Crippen molar-refractivity contribution in [2.75, 3.05) is 6.61 Å². The zero-order valence-electron chi connectivity index (χ0n) is 6.46. The van der Waals surface area contributed by atoms with Gasteiger partial charge in [-0.1, -0.05) is 19.1 Å². The van der Waals surface area contributed by atoms with E-state index in [0.717, 1.165) is 12.5 Å². The molecule has 0 radical (unpaired) electrons. The summed E-state index contributed by atoms with van der Waals surface area (Å²) in [4.78, 5) is 9.83. The minimum atomic E-state index is -1.16. The summed E-state index contributed by atoms with van der Waals surface area (Å²) in [7, 11) is -0.506. The van der Waals surface area contributed by atoms with Crippen LogP contribution in [0.3, 0.4) is 0 Å². The van der Waals surface area contributed by atoms with Gasteiger partial charge < -0.3 is 9.84 Å². The summed E-state index contributed by atoms with van der Waals surface area (Å²) >= 11 is 0. The fourth-order valence-electron chi connectivity index (χ4n) is 0.651. The van der Waals surface area contributed by atoms with Crippen LogP contribution in [-0.2, 0) is 4.74 Å². The van der Waals surface area contributed by atoms with Crippen LogP contribution in [0.1, 0.15) is 6.42 Å². The molecule has 3 nitrogen and oxygen atoms in total. The average Bonchev–Trinajstić information content (AvgIpc) is 1.79. The molecule has 0 spiro atoms. The minimum absolute atomic E-state index is 0.362. The minimum Gasteiger partial charge on any atom is -0.450 e. The molecule has 1 N–H and O–H groups in total. The molecule has 10 heavy (non-hydrogen) atoms. The molecule has 0 heterocycles. The molecular weight excluding hydrogens is 148 g/mol. The predicted molar refractivity (Wildman–Crippen MR) is 42.3 cm³/mol. The standard InChI is InChI=1S/C6H14O3Si/c1-10(2)5-3-4-9-6(7)8/h10H,3-5H2,1-2H3,(H,7,8). The Kier molecular flexibility index (Phi) is 5.01. The van der Waals surface area contributed by atoms with Crippen molar-refractivity contribution in [3.8, 4) is 0 Å². The van der Waals surface area contributed by atoms with Crippen molar-refractivity contribution < 1.29 is 14.6 Å². The number of carbonyl (C=O) groups is 1. The normalized spacial score (nSPS) is 9.90. The van der Waals surface area contributed by atoms with Crippen LogP contribution in [0.5, 0.6) is 0 Å².